The van der Waals surface area contributed by atoms with E-state index in [0.29, 0.717) is 29.3 Å². The molecule has 0 atom stereocenters. The van der Waals surface area contributed by atoms with Crippen molar-refractivity contribution in [3.8, 4) is 5.75 Å². The van der Waals surface area contributed by atoms with E-state index in [1.165, 1.54) is 18.9 Å². The van der Waals surface area contributed by atoms with E-state index >= 15 is 0 Å². The minimum Gasteiger partial charge on any atom is -0.507 e. The fourth-order valence-electron chi connectivity index (χ4n) is 2.20. The fraction of sp³-hybridized carbons (Fsp3) is 0.500. The standard InChI is InChI=1S/C14H18BrNO3/c15-12-6-5-10(9-13(12)17)14(18)16-7-8-19-11-3-1-2-4-11/h5-6,9,11,17H,1-4,7-8H2,(H,16,18). The van der Waals surface area contributed by atoms with Gasteiger partial charge in [-0.25, -0.2) is 0 Å². The van der Waals surface area contributed by atoms with Crippen LogP contribution in [0.2, 0.25) is 0 Å². The molecule has 4 nitrogen and oxygen atoms in total. The van der Waals surface area contributed by atoms with Crippen molar-refractivity contribution in [2.45, 2.75) is 31.8 Å². The Morgan fingerprint density at radius 2 is 2.16 bits per heavy atom. The molecule has 2 N–H and O–H groups in total. The second-order valence-corrected chi connectivity index (χ2v) is 5.55. The predicted molar refractivity (Wildman–Crippen MR) is 76.3 cm³/mol. The van der Waals surface area contributed by atoms with Crippen LogP contribution in [0.5, 0.6) is 5.75 Å². The summed E-state index contributed by atoms with van der Waals surface area (Å²) in [5.74, 6) is -0.132. The molecule has 19 heavy (non-hydrogen) atoms. The molecule has 104 valence electrons. The van der Waals surface area contributed by atoms with Gasteiger partial charge < -0.3 is 15.2 Å². The van der Waals surface area contributed by atoms with Gasteiger partial charge in [0.25, 0.3) is 5.91 Å². The summed E-state index contributed by atoms with van der Waals surface area (Å²) in [4.78, 5) is 11.8. The monoisotopic (exact) mass is 327 g/mol. The number of hydrogen-bond donors (Lipinski definition) is 2. The summed E-state index contributed by atoms with van der Waals surface area (Å²) in [7, 11) is 0. The molecular weight excluding hydrogens is 310 g/mol. The molecule has 0 heterocycles. The summed E-state index contributed by atoms with van der Waals surface area (Å²) in [6.45, 7) is 1.03. The highest BCUT2D eigenvalue weighted by molar-refractivity contribution is 9.10. The maximum absolute atomic E-state index is 11.8. The van der Waals surface area contributed by atoms with E-state index in [1.807, 2.05) is 0 Å². The van der Waals surface area contributed by atoms with Gasteiger partial charge in [0, 0.05) is 12.1 Å². The molecule has 0 spiro atoms. The van der Waals surface area contributed by atoms with Gasteiger partial charge in [-0.3, -0.25) is 4.79 Å². The summed E-state index contributed by atoms with van der Waals surface area (Å²) in [5, 5.41) is 12.3. The minimum atomic E-state index is -0.196. The number of aromatic hydroxyl groups is 1. The van der Waals surface area contributed by atoms with Crippen molar-refractivity contribution in [1.82, 2.24) is 5.32 Å². The maximum Gasteiger partial charge on any atom is 0.251 e. The van der Waals surface area contributed by atoms with Crippen molar-refractivity contribution < 1.29 is 14.6 Å². The molecule has 1 aromatic carbocycles. The van der Waals surface area contributed by atoms with Crippen molar-refractivity contribution in [3.63, 3.8) is 0 Å². The van der Waals surface area contributed by atoms with Crippen molar-refractivity contribution in [3.05, 3.63) is 28.2 Å². The highest BCUT2D eigenvalue weighted by Gasteiger charge is 2.15. The van der Waals surface area contributed by atoms with E-state index in [2.05, 4.69) is 21.2 Å². The second-order valence-electron chi connectivity index (χ2n) is 4.70. The number of hydrogen-bond acceptors (Lipinski definition) is 3. The molecule has 0 aromatic heterocycles. The third-order valence-corrected chi connectivity index (χ3v) is 3.92. The molecule has 1 amide bonds. The summed E-state index contributed by atoms with van der Waals surface area (Å²) in [6.07, 6.45) is 5.13. The SMILES string of the molecule is O=C(NCCOC1CCCC1)c1ccc(Br)c(O)c1. The highest BCUT2D eigenvalue weighted by atomic mass is 79.9. The Hall–Kier alpha value is -1.07. The number of halogens is 1. The van der Waals surface area contributed by atoms with Crippen LogP contribution in [0, 0.1) is 0 Å². The van der Waals surface area contributed by atoms with Gasteiger partial charge in [0.1, 0.15) is 5.75 Å². The molecule has 0 bridgehead atoms. The van der Waals surface area contributed by atoms with Crippen LogP contribution in [0.25, 0.3) is 0 Å². The van der Waals surface area contributed by atoms with Crippen molar-refractivity contribution in [2.24, 2.45) is 0 Å². The number of phenolic OH excluding ortho intramolecular Hbond substituents is 1. The lowest BCUT2D eigenvalue weighted by molar-refractivity contribution is 0.0582. The van der Waals surface area contributed by atoms with Gasteiger partial charge in [-0.1, -0.05) is 12.8 Å². The zero-order chi connectivity index (χ0) is 13.7. The number of amides is 1. The first-order valence-electron chi connectivity index (χ1n) is 6.55. The van der Waals surface area contributed by atoms with Crippen LogP contribution >= 0.6 is 15.9 Å². The van der Waals surface area contributed by atoms with E-state index in [-0.39, 0.29) is 11.7 Å². The normalized spacial score (nSPS) is 15.6. The third kappa shape index (κ3) is 4.21. The topological polar surface area (TPSA) is 58.6 Å². The van der Waals surface area contributed by atoms with Crippen LogP contribution in [0.1, 0.15) is 36.0 Å². The smallest absolute Gasteiger partial charge is 0.251 e. The highest BCUT2D eigenvalue weighted by Crippen LogP contribution is 2.24. The van der Waals surface area contributed by atoms with Crippen LogP contribution in [0.15, 0.2) is 22.7 Å². The van der Waals surface area contributed by atoms with Gasteiger partial charge >= 0.3 is 0 Å². The Labute approximate surface area is 121 Å². The molecule has 0 aliphatic heterocycles. The zero-order valence-electron chi connectivity index (χ0n) is 10.7. The van der Waals surface area contributed by atoms with E-state index in [9.17, 15) is 9.90 Å². The summed E-state index contributed by atoms with van der Waals surface area (Å²) in [5.41, 5.74) is 0.446. The van der Waals surface area contributed by atoms with E-state index < -0.39 is 0 Å². The summed E-state index contributed by atoms with van der Waals surface area (Å²) < 4.78 is 6.24. The molecule has 5 heteroatoms. The van der Waals surface area contributed by atoms with Gasteiger partial charge in [-0.15, -0.1) is 0 Å². The zero-order valence-corrected chi connectivity index (χ0v) is 12.3. The largest absolute Gasteiger partial charge is 0.507 e. The molecule has 0 saturated heterocycles. The van der Waals surface area contributed by atoms with Crippen LogP contribution in [-0.2, 0) is 4.74 Å². The predicted octanol–water partition coefficient (Wildman–Crippen LogP) is 2.84. The van der Waals surface area contributed by atoms with E-state index in [1.54, 1.807) is 12.1 Å². The van der Waals surface area contributed by atoms with Crippen LogP contribution in [0.4, 0.5) is 0 Å². The number of benzene rings is 1. The Kier molecular flexibility index (Phi) is 5.22. The second kappa shape index (κ2) is 6.91. The third-order valence-electron chi connectivity index (χ3n) is 3.25. The number of phenols is 1. The van der Waals surface area contributed by atoms with Crippen molar-refractivity contribution in [2.75, 3.05) is 13.2 Å². The van der Waals surface area contributed by atoms with E-state index in [4.69, 9.17) is 4.74 Å². The fourth-order valence-corrected chi connectivity index (χ4v) is 2.45. The van der Waals surface area contributed by atoms with Gasteiger partial charge in [-0.2, -0.15) is 0 Å². The van der Waals surface area contributed by atoms with Crippen LogP contribution in [-0.4, -0.2) is 30.3 Å². The average Bonchev–Trinajstić information content (AvgIpc) is 2.91. The number of ether oxygens (including phenoxy) is 1. The first-order chi connectivity index (χ1) is 9.16. The summed E-state index contributed by atoms with van der Waals surface area (Å²) in [6, 6.07) is 4.76. The summed E-state index contributed by atoms with van der Waals surface area (Å²) >= 11 is 3.18. The van der Waals surface area contributed by atoms with Crippen molar-refractivity contribution in [1.29, 1.82) is 0 Å². The first kappa shape index (κ1) is 14.3. The number of carbonyl (C=O) groups excluding carboxylic acids is 1. The Morgan fingerprint density at radius 3 is 2.84 bits per heavy atom. The van der Waals surface area contributed by atoms with Gasteiger partial charge in [0.2, 0.25) is 0 Å². The first-order valence-corrected chi connectivity index (χ1v) is 7.34. The van der Waals surface area contributed by atoms with Crippen LogP contribution < -0.4 is 5.32 Å². The molecule has 0 unspecified atom stereocenters. The van der Waals surface area contributed by atoms with Gasteiger partial charge in [-0.05, 0) is 47.0 Å². The maximum atomic E-state index is 11.8. The Morgan fingerprint density at radius 1 is 1.42 bits per heavy atom. The molecule has 0 radical (unpaired) electrons. The molecule has 1 aliphatic carbocycles. The van der Waals surface area contributed by atoms with Crippen LogP contribution in [0.3, 0.4) is 0 Å². The number of nitrogens with one attached hydrogen (secondary N) is 1. The average molecular weight is 328 g/mol. The minimum absolute atomic E-state index is 0.0647. The number of rotatable bonds is 5. The van der Waals surface area contributed by atoms with Gasteiger partial charge in [0.15, 0.2) is 0 Å². The quantitative estimate of drug-likeness (QED) is 0.817. The Bertz CT molecular complexity index is 444. The molecule has 1 saturated carbocycles. The molecule has 1 fully saturated rings. The molecular formula is C14H18BrNO3. The number of carbonyl (C=O) groups is 1. The molecule has 1 aromatic rings. The Balaban J connectivity index is 1.72. The lowest BCUT2D eigenvalue weighted by Crippen LogP contribution is -2.28. The molecule has 2 rings (SSSR count). The van der Waals surface area contributed by atoms with Gasteiger partial charge in [0.05, 0.1) is 17.2 Å². The van der Waals surface area contributed by atoms with Crippen molar-refractivity contribution >= 4 is 21.8 Å². The lowest BCUT2D eigenvalue weighted by atomic mass is 10.2. The molecule has 1 aliphatic rings. The lowest BCUT2D eigenvalue weighted by Gasteiger charge is -2.11. The van der Waals surface area contributed by atoms with E-state index in [0.717, 1.165) is 12.8 Å².